The quantitative estimate of drug-likeness (QED) is 0.895. The Bertz CT molecular complexity index is 916. The molecule has 6 nitrogen and oxygen atoms in total. The Morgan fingerprint density at radius 3 is 2.42 bits per heavy atom. The standard InChI is InChI=1S/C17H18N2O4S/c1-10-5-4-6-11(2)17(10)19-24(21,22)15-8-14-13(7-12(15)3)18-16(20)9-23-14/h4-8,19H,9H2,1-3H3,(H,18,20). The molecule has 2 aromatic rings. The third-order valence-electron chi connectivity index (χ3n) is 3.92. The zero-order valence-electron chi connectivity index (χ0n) is 13.6. The maximum absolute atomic E-state index is 12.8. The van der Waals surface area contributed by atoms with Crippen LogP contribution in [0.1, 0.15) is 16.7 Å². The second-order valence-corrected chi connectivity index (χ2v) is 7.47. The van der Waals surface area contributed by atoms with Crippen molar-refractivity contribution in [2.45, 2.75) is 25.7 Å². The molecule has 126 valence electrons. The molecular formula is C17H18N2O4S. The maximum atomic E-state index is 12.8. The molecule has 0 aliphatic carbocycles. The monoisotopic (exact) mass is 346 g/mol. The van der Waals surface area contributed by atoms with E-state index in [4.69, 9.17) is 4.74 Å². The van der Waals surface area contributed by atoms with Crippen molar-refractivity contribution in [3.05, 3.63) is 47.0 Å². The summed E-state index contributed by atoms with van der Waals surface area (Å²) in [5.41, 5.74) is 3.27. The topological polar surface area (TPSA) is 84.5 Å². The summed E-state index contributed by atoms with van der Waals surface area (Å²) in [6, 6.07) is 8.63. The van der Waals surface area contributed by atoms with E-state index in [-0.39, 0.29) is 17.4 Å². The first-order valence-corrected chi connectivity index (χ1v) is 8.92. The maximum Gasteiger partial charge on any atom is 0.262 e. The van der Waals surface area contributed by atoms with Crippen LogP contribution in [0.2, 0.25) is 0 Å². The van der Waals surface area contributed by atoms with E-state index >= 15 is 0 Å². The van der Waals surface area contributed by atoms with Gasteiger partial charge in [0.1, 0.15) is 5.75 Å². The second-order valence-electron chi connectivity index (χ2n) is 5.82. The number of anilines is 2. The van der Waals surface area contributed by atoms with Crippen molar-refractivity contribution in [2.75, 3.05) is 16.6 Å². The summed E-state index contributed by atoms with van der Waals surface area (Å²) in [6.07, 6.45) is 0. The fourth-order valence-electron chi connectivity index (χ4n) is 2.67. The third kappa shape index (κ3) is 2.94. The number of fused-ring (bicyclic) bond motifs is 1. The smallest absolute Gasteiger partial charge is 0.262 e. The number of benzene rings is 2. The highest BCUT2D eigenvalue weighted by molar-refractivity contribution is 7.92. The van der Waals surface area contributed by atoms with Crippen LogP contribution in [0.3, 0.4) is 0 Å². The number of nitrogens with one attached hydrogen (secondary N) is 2. The number of carbonyl (C=O) groups excluding carboxylic acids is 1. The number of rotatable bonds is 3. The number of hydrogen-bond acceptors (Lipinski definition) is 4. The Hall–Kier alpha value is -2.54. The average Bonchev–Trinajstić information content (AvgIpc) is 2.50. The first-order valence-electron chi connectivity index (χ1n) is 7.44. The van der Waals surface area contributed by atoms with Gasteiger partial charge in [0.25, 0.3) is 15.9 Å². The predicted octanol–water partition coefficient (Wildman–Crippen LogP) is 2.74. The average molecular weight is 346 g/mol. The lowest BCUT2D eigenvalue weighted by atomic mass is 10.1. The van der Waals surface area contributed by atoms with E-state index in [0.717, 1.165) is 11.1 Å². The molecular weight excluding hydrogens is 328 g/mol. The van der Waals surface area contributed by atoms with E-state index in [0.29, 0.717) is 22.7 Å². The Labute approximate surface area is 140 Å². The Kier molecular flexibility index (Phi) is 3.96. The molecule has 0 fully saturated rings. The van der Waals surface area contributed by atoms with Gasteiger partial charge in [0.15, 0.2) is 6.61 Å². The van der Waals surface area contributed by atoms with E-state index in [1.54, 1.807) is 13.0 Å². The van der Waals surface area contributed by atoms with Crippen molar-refractivity contribution in [2.24, 2.45) is 0 Å². The molecule has 3 rings (SSSR count). The summed E-state index contributed by atoms with van der Waals surface area (Å²) in [6.45, 7) is 5.26. The molecule has 0 spiro atoms. The molecule has 0 aromatic heterocycles. The molecule has 0 atom stereocenters. The van der Waals surface area contributed by atoms with Crippen LogP contribution in [0.25, 0.3) is 0 Å². The molecule has 1 aliphatic rings. The minimum absolute atomic E-state index is 0.125. The van der Waals surface area contributed by atoms with Gasteiger partial charge in [0.2, 0.25) is 0 Å². The van der Waals surface area contributed by atoms with Gasteiger partial charge in [-0.15, -0.1) is 0 Å². The lowest BCUT2D eigenvalue weighted by molar-refractivity contribution is -0.118. The fourth-order valence-corrected chi connectivity index (χ4v) is 4.12. The minimum atomic E-state index is -3.78. The van der Waals surface area contributed by atoms with Crippen LogP contribution in [-0.2, 0) is 14.8 Å². The van der Waals surface area contributed by atoms with Gasteiger partial charge < -0.3 is 10.1 Å². The van der Waals surface area contributed by atoms with Gasteiger partial charge in [-0.25, -0.2) is 8.42 Å². The number of carbonyl (C=O) groups is 1. The summed E-state index contributed by atoms with van der Waals surface area (Å²) >= 11 is 0. The first kappa shape index (κ1) is 16.3. The second kappa shape index (κ2) is 5.83. The SMILES string of the molecule is Cc1cc2c(cc1S(=O)(=O)Nc1c(C)cccc1C)OCC(=O)N2. The molecule has 1 aliphatic heterocycles. The zero-order chi connectivity index (χ0) is 17.5. The third-order valence-corrected chi connectivity index (χ3v) is 5.41. The number of para-hydroxylation sites is 1. The van der Waals surface area contributed by atoms with Gasteiger partial charge in [0.05, 0.1) is 16.3 Å². The molecule has 0 saturated carbocycles. The van der Waals surface area contributed by atoms with E-state index in [9.17, 15) is 13.2 Å². The number of amides is 1. The Morgan fingerprint density at radius 1 is 1.08 bits per heavy atom. The van der Waals surface area contributed by atoms with Crippen molar-refractivity contribution in [3.63, 3.8) is 0 Å². The van der Waals surface area contributed by atoms with Crippen LogP contribution in [-0.4, -0.2) is 20.9 Å². The van der Waals surface area contributed by atoms with Crippen LogP contribution >= 0.6 is 0 Å². The molecule has 1 amide bonds. The van der Waals surface area contributed by atoms with Crippen LogP contribution in [0.5, 0.6) is 5.75 Å². The van der Waals surface area contributed by atoms with E-state index in [1.165, 1.54) is 6.07 Å². The van der Waals surface area contributed by atoms with Crippen molar-refractivity contribution >= 4 is 27.3 Å². The largest absolute Gasteiger partial charge is 0.482 e. The predicted molar refractivity (Wildman–Crippen MR) is 92.0 cm³/mol. The summed E-state index contributed by atoms with van der Waals surface area (Å²) in [4.78, 5) is 11.5. The van der Waals surface area contributed by atoms with Crippen LogP contribution in [0.4, 0.5) is 11.4 Å². The molecule has 0 saturated heterocycles. The number of sulfonamides is 1. The van der Waals surface area contributed by atoms with Gasteiger partial charge in [-0.2, -0.15) is 0 Å². The van der Waals surface area contributed by atoms with Crippen molar-refractivity contribution in [3.8, 4) is 5.75 Å². The molecule has 1 heterocycles. The zero-order valence-corrected chi connectivity index (χ0v) is 14.5. The highest BCUT2D eigenvalue weighted by Gasteiger charge is 2.24. The number of ether oxygens (including phenoxy) is 1. The molecule has 7 heteroatoms. The Morgan fingerprint density at radius 2 is 1.75 bits per heavy atom. The Balaban J connectivity index is 2.03. The van der Waals surface area contributed by atoms with Gasteiger partial charge in [0, 0.05) is 6.07 Å². The lowest BCUT2D eigenvalue weighted by Crippen LogP contribution is -2.26. The fraction of sp³-hybridized carbons (Fsp3) is 0.235. The van der Waals surface area contributed by atoms with E-state index in [1.807, 2.05) is 32.0 Å². The van der Waals surface area contributed by atoms with Crippen molar-refractivity contribution in [1.29, 1.82) is 0 Å². The summed E-state index contributed by atoms with van der Waals surface area (Å²) in [5.74, 6) is 0.0910. The van der Waals surface area contributed by atoms with Gasteiger partial charge in [-0.3, -0.25) is 9.52 Å². The van der Waals surface area contributed by atoms with Crippen molar-refractivity contribution < 1.29 is 17.9 Å². The van der Waals surface area contributed by atoms with Gasteiger partial charge in [-0.1, -0.05) is 18.2 Å². The van der Waals surface area contributed by atoms with Crippen LogP contribution in [0.15, 0.2) is 35.2 Å². The summed E-state index contributed by atoms with van der Waals surface area (Å²) < 4.78 is 33.6. The lowest BCUT2D eigenvalue weighted by Gasteiger charge is -2.21. The summed E-state index contributed by atoms with van der Waals surface area (Å²) in [5, 5.41) is 2.67. The molecule has 2 aromatic carbocycles. The number of hydrogen-bond donors (Lipinski definition) is 2. The summed E-state index contributed by atoms with van der Waals surface area (Å²) in [7, 11) is -3.78. The first-order chi connectivity index (χ1) is 11.3. The molecule has 0 radical (unpaired) electrons. The van der Waals surface area contributed by atoms with E-state index in [2.05, 4.69) is 10.0 Å². The van der Waals surface area contributed by atoms with Gasteiger partial charge >= 0.3 is 0 Å². The highest BCUT2D eigenvalue weighted by atomic mass is 32.2. The van der Waals surface area contributed by atoms with Gasteiger partial charge in [-0.05, 0) is 43.5 Å². The van der Waals surface area contributed by atoms with E-state index < -0.39 is 10.0 Å². The molecule has 0 bridgehead atoms. The molecule has 2 N–H and O–H groups in total. The van der Waals surface area contributed by atoms with Crippen LogP contribution in [0, 0.1) is 20.8 Å². The number of aryl methyl sites for hydroxylation is 3. The molecule has 0 unspecified atom stereocenters. The molecule has 24 heavy (non-hydrogen) atoms. The minimum Gasteiger partial charge on any atom is -0.482 e. The highest BCUT2D eigenvalue weighted by Crippen LogP contribution is 2.34. The van der Waals surface area contributed by atoms with Crippen LogP contribution < -0.4 is 14.8 Å². The normalized spacial score (nSPS) is 13.7. The van der Waals surface area contributed by atoms with Crippen molar-refractivity contribution in [1.82, 2.24) is 0 Å².